The van der Waals surface area contributed by atoms with Gasteiger partial charge in [0.1, 0.15) is 12.1 Å². The molecule has 0 saturated carbocycles. The largest absolute Gasteiger partial charge is 0.481 e. The van der Waals surface area contributed by atoms with Crippen molar-refractivity contribution in [3.8, 4) is 0 Å². The lowest BCUT2D eigenvalue weighted by Gasteiger charge is -2.23. The van der Waals surface area contributed by atoms with E-state index in [1.54, 1.807) is 24.3 Å². The number of carboxylic acids is 2. The predicted octanol–water partition coefficient (Wildman–Crippen LogP) is -2.42. The predicted molar refractivity (Wildman–Crippen MR) is 107 cm³/mol. The normalized spacial score (nSPS) is 14.4. The van der Waals surface area contributed by atoms with Crippen molar-refractivity contribution in [3.05, 3.63) is 35.9 Å². The first-order valence-corrected chi connectivity index (χ1v) is 9.30. The number of aliphatic hydroxyl groups is 1. The second-order valence-electron chi connectivity index (χ2n) is 6.80. The van der Waals surface area contributed by atoms with Crippen molar-refractivity contribution in [2.24, 2.45) is 5.73 Å². The average Bonchev–Trinajstić information content (AvgIpc) is 2.69. The van der Waals surface area contributed by atoms with Crippen LogP contribution in [0.3, 0.4) is 0 Å². The standard InChI is InChI=1S/C19H26N4O8/c1-10(24)16(18(29)22-13(19(30)31)8-15(26)27)23-14(25)9-21-17(28)12(20)7-11-5-3-2-4-6-11/h2-6,10,12-13,16,24H,7-9,20H2,1H3,(H,21,28)(H,22,29)(H,23,25)(H,26,27)(H,30,31). The van der Waals surface area contributed by atoms with E-state index in [0.29, 0.717) is 0 Å². The monoisotopic (exact) mass is 438 g/mol. The van der Waals surface area contributed by atoms with Crippen molar-refractivity contribution < 1.29 is 39.3 Å². The van der Waals surface area contributed by atoms with Gasteiger partial charge in [-0.05, 0) is 18.9 Å². The third kappa shape index (κ3) is 9.23. The molecule has 4 atom stereocenters. The van der Waals surface area contributed by atoms with Crippen molar-refractivity contribution in [2.45, 2.75) is 44.0 Å². The smallest absolute Gasteiger partial charge is 0.326 e. The zero-order valence-corrected chi connectivity index (χ0v) is 16.8. The van der Waals surface area contributed by atoms with Gasteiger partial charge < -0.3 is 37.0 Å². The van der Waals surface area contributed by atoms with Crippen molar-refractivity contribution in [1.82, 2.24) is 16.0 Å². The van der Waals surface area contributed by atoms with Crippen LogP contribution in [-0.4, -0.2) is 75.8 Å². The van der Waals surface area contributed by atoms with Crippen LogP contribution in [0.15, 0.2) is 30.3 Å². The van der Waals surface area contributed by atoms with Crippen LogP contribution in [0.25, 0.3) is 0 Å². The van der Waals surface area contributed by atoms with Gasteiger partial charge in [-0.25, -0.2) is 4.79 Å². The van der Waals surface area contributed by atoms with Crippen molar-refractivity contribution in [3.63, 3.8) is 0 Å². The van der Waals surface area contributed by atoms with Crippen molar-refractivity contribution in [2.75, 3.05) is 6.54 Å². The van der Waals surface area contributed by atoms with Gasteiger partial charge in [0.25, 0.3) is 0 Å². The Bertz CT molecular complexity index is 799. The van der Waals surface area contributed by atoms with Crippen LogP contribution in [0.2, 0.25) is 0 Å². The lowest BCUT2D eigenvalue weighted by Crippen LogP contribution is -2.57. The summed E-state index contributed by atoms with van der Waals surface area (Å²) in [5.41, 5.74) is 6.63. The number of hydrogen-bond acceptors (Lipinski definition) is 7. The van der Waals surface area contributed by atoms with E-state index >= 15 is 0 Å². The Kier molecular flexibility index (Phi) is 10.1. The SMILES string of the molecule is CC(O)C(NC(=O)CNC(=O)C(N)Cc1ccccc1)C(=O)NC(CC(=O)O)C(=O)O. The van der Waals surface area contributed by atoms with Gasteiger partial charge in [0.2, 0.25) is 17.7 Å². The highest BCUT2D eigenvalue weighted by molar-refractivity contribution is 5.93. The molecule has 12 nitrogen and oxygen atoms in total. The molecule has 1 aromatic carbocycles. The van der Waals surface area contributed by atoms with Gasteiger partial charge in [-0.1, -0.05) is 30.3 Å². The summed E-state index contributed by atoms with van der Waals surface area (Å²) in [6, 6.07) is 4.74. The fraction of sp³-hybridized carbons (Fsp3) is 0.421. The third-order valence-corrected chi connectivity index (χ3v) is 4.13. The van der Waals surface area contributed by atoms with Gasteiger partial charge in [0.05, 0.1) is 25.1 Å². The number of nitrogens with one attached hydrogen (secondary N) is 3. The number of nitrogens with two attached hydrogens (primary N) is 1. The first-order chi connectivity index (χ1) is 14.5. The molecule has 4 unspecified atom stereocenters. The summed E-state index contributed by atoms with van der Waals surface area (Å²) in [4.78, 5) is 58.1. The van der Waals surface area contributed by atoms with Gasteiger partial charge >= 0.3 is 11.9 Å². The number of carboxylic acid groups (broad SMARTS) is 2. The Balaban J connectivity index is 2.60. The third-order valence-electron chi connectivity index (χ3n) is 4.13. The van der Waals surface area contributed by atoms with E-state index in [1.807, 2.05) is 11.4 Å². The van der Waals surface area contributed by atoms with Crippen molar-refractivity contribution in [1.29, 1.82) is 0 Å². The molecule has 0 aromatic heterocycles. The van der Waals surface area contributed by atoms with E-state index in [1.165, 1.54) is 6.92 Å². The van der Waals surface area contributed by atoms with E-state index in [0.717, 1.165) is 5.56 Å². The van der Waals surface area contributed by atoms with E-state index in [2.05, 4.69) is 10.6 Å². The minimum absolute atomic E-state index is 0.243. The van der Waals surface area contributed by atoms with Crippen LogP contribution in [0.1, 0.15) is 18.9 Å². The molecule has 0 aliphatic rings. The van der Waals surface area contributed by atoms with Crippen LogP contribution in [-0.2, 0) is 30.4 Å². The zero-order valence-electron chi connectivity index (χ0n) is 16.8. The summed E-state index contributed by atoms with van der Waals surface area (Å²) in [7, 11) is 0. The highest BCUT2D eigenvalue weighted by atomic mass is 16.4. The maximum Gasteiger partial charge on any atom is 0.326 e. The summed E-state index contributed by atoms with van der Waals surface area (Å²) >= 11 is 0. The van der Waals surface area contributed by atoms with Crippen LogP contribution >= 0.6 is 0 Å². The summed E-state index contributed by atoms with van der Waals surface area (Å²) in [6.45, 7) is 0.626. The van der Waals surface area contributed by atoms with Gasteiger partial charge in [-0.2, -0.15) is 0 Å². The molecule has 0 radical (unpaired) electrons. The molecule has 0 aliphatic carbocycles. The fourth-order valence-electron chi connectivity index (χ4n) is 2.53. The Hall–Kier alpha value is -3.51. The van der Waals surface area contributed by atoms with Crippen LogP contribution in [0.5, 0.6) is 0 Å². The number of benzene rings is 1. The quantitative estimate of drug-likeness (QED) is 0.185. The molecular weight excluding hydrogens is 412 g/mol. The molecule has 0 aliphatic heterocycles. The molecule has 8 N–H and O–H groups in total. The molecule has 0 heterocycles. The number of amides is 3. The molecule has 0 saturated heterocycles. The number of hydrogen-bond donors (Lipinski definition) is 7. The van der Waals surface area contributed by atoms with E-state index in [-0.39, 0.29) is 6.42 Å². The van der Waals surface area contributed by atoms with Gasteiger partial charge in [0, 0.05) is 0 Å². The summed E-state index contributed by atoms with van der Waals surface area (Å²) in [5.74, 6) is -5.59. The zero-order chi connectivity index (χ0) is 23.6. The van der Waals surface area contributed by atoms with E-state index in [4.69, 9.17) is 15.9 Å². The molecule has 12 heteroatoms. The number of carbonyl (C=O) groups excluding carboxylic acids is 3. The van der Waals surface area contributed by atoms with E-state index < -0.39 is 66.9 Å². The lowest BCUT2D eigenvalue weighted by atomic mass is 10.1. The lowest BCUT2D eigenvalue weighted by molar-refractivity contribution is -0.147. The molecule has 31 heavy (non-hydrogen) atoms. The second-order valence-corrected chi connectivity index (χ2v) is 6.80. The average molecular weight is 438 g/mol. The second kappa shape index (κ2) is 12.2. The molecule has 0 fully saturated rings. The molecule has 3 amide bonds. The summed E-state index contributed by atoms with van der Waals surface area (Å²) < 4.78 is 0. The number of aliphatic carboxylic acids is 2. The molecule has 170 valence electrons. The fourth-order valence-corrected chi connectivity index (χ4v) is 2.53. The maximum absolute atomic E-state index is 12.2. The Morgan fingerprint density at radius 2 is 1.61 bits per heavy atom. The van der Waals surface area contributed by atoms with Crippen LogP contribution in [0.4, 0.5) is 0 Å². The topological polar surface area (TPSA) is 208 Å². The van der Waals surface area contributed by atoms with Crippen molar-refractivity contribution >= 4 is 29.7 Å². The van der Waals surface area contributed by atoms with Gasteiger partial charge in [-0.15, -0.1) is 0 Å². The molecule has 0 bridgehead atoms. The molecule has 1 aromatic rings. The Labute approximate surface area is 177 Å². The first-order valence-electron chi connectivity index (χ1n) is 9.30. The highest BCUT2D eigenvalue weighted by Crippen LogP contribution is 2.02. The summed E-state index contributed by atoms with van der Waals surface area (Å²) in [6.07, 6.45) is -2.08. The number of carbonyl (C=O) groups is 5. The minimum atomic E-state index is -1.75. The minimum Gasteiger partial charge on any atom is -0.481 e. The molecule has 1 rings (SSSR count). The maximum atomic E-state index is 12.2. The van der Waals surface area contributed by atoms with Crippen LogP contribution < -0.4 is 21.7 Å². The Morgan fingerprint density at radius 3 is 2.13 bits per heavy atom. The summed E-state index contributed by atoms with van der Waals surface area (Å²) in [5, 5.41) is 33.9. The number of rotatable bonds is 12. The molecular formula is C19H26N4O8. The molecule has 0 spiro atoms. The van der Waals surface area contributed by atoms with Gasteiger partial charge in [0.15, 0.2) is 0 Å². The first kappa shape index (κ1) is 25.5. The highest BCUT2D eigenvalue weighted by Gasteiger charge is 2.30. The Morgan fingerprint density at radius 1 is 1.00 bits per heavy atom. The van der Waals surface area contributed by atoms with Crippen LogP contribution in [0, 0.1) is 0 Å². The number of aliphatic hydroxyl groups excluding tert-OH is 1. The van der Waals surface area contributed by atoms with E-state index in [9.17, 15) is 29.1 Å². The van der Waals surface area contributed by atoms with Gasteiger partial charge in [-0.3, -0.25) is 19.2 Å².